The quantitative estimate of drug-likeness (QED) is 0.124. The number of rotatable bonds is 10. The Morgan fingerprint density at radius 3 is 2.67 bits per heavy atom. The number of benzene rings is 2. The summed E-state index contributed by atoms with van der Waals surface area (Å²) >= 11 is 0. The van der Waals surface area contributed by atoms with Crippen molar-refractivity contribution >= 4 is 22.9 Å². The van der Waals surface area contributed by atoms with Crippen molar-refractivity contribution in [3.63, 3.8) is 0 Å². The molecule has 4 N–H and O–H groups in total. The number of nitrogens with two attached hydrogens (primary N) is 1. The molecular weight excluding hydrogens is 465 g/mol. The van der Waals surface area contributed by atoms with Crippen molar-refractivity contribution in [2.45, 2.75) is 50.2 Å². The summed E-state index contributed by atoms with van der Waals surface area (Å²) in [6, 6.07) is 14.0. The van der Waals surface area contributed by atoms with Gasteiger partial charge >= 0.3 is 5.97 Å². The minimum atomic E-state index is -1.48. The molecule has 4 rings (SSSR count). The molecule has 3 aromatic rings. The molecule has 1 aliphatic rings. The first kappa shape index (κ1) is 25.3. The number of azide groups is 1. The Kier molecular flexibility index (Phi) is 7.92. The number of aliphatic hydroxyl groups is 2. The topological polar surface area (TPSA) is 154 Å². The predicted octanol–water partition coefficient (Wildman–Crippen LogP) is 4.53. The van der Waals surface area contributed by atoms with Crippen LogP contribution >= 0.6 is 0 Å². The highest BCUT2D eigenvalue weighted by atomic mass is 19.1. The zero-order chi connectivity index (χ0) is 25.7. The van der Waals surface area contributed by atoms with Crippen LogP contribution in [0.1, 0.15) is 42.9 Å². The number of para-hydroxylation sites is 1. The van der Waals surface area contributed by atoms with Crippen LogP contribution in [-0.4, -0.2) is 39.7 Å². The summed E-state index contributed by atoms with van der Waals surface area (Å²) in [5.74, 6) is -0.891. The summed E-state index contributed by atoms with van der Waals surface area (Å²) in [4.78, 5) is 19.1. The molecule has 1 fully saturated rings. The average molecular weight is 492 g/mol. The zero-order valence-electron chi connectivity index (χ0n) is 19.4. The van der Waals surface area contributed by atoms with Crippen molar-refractivity contribution in [2.75, 3.05) is 0 Å². The van der Waals surface area contributed by atoms with Gasteiger partial charge in [-0.3, -0.25) is 15.5 Å². The number of carbonyl (C=O) groups excluding carboxylic acids is 1. The fourth-order valence-corrected chi connectivity index (χ4v) is 4.11. The largest absolute Gasteiger partial charge is 0.440 e. The third-order valence-corrected chi connectivity index (χ3v) is 5.88. The smallest absolute Gasteiger partial charge is 0.310 e. The molecule has 0 radical (unpaired) electrons. The van der Waals surface area contributed by atoms with Crippen molar-refractivity contribution in [2.24, 2.45) is 10.8 Å². The van der Waals surface area contributed by atoms with Gasteiger partial charge in [0.05, 0.1) is 29.8 Å². The van der Waals surface area contributed by atoms with E-state index in [0.717, 1.165) is 46.1 Å². The number of nitrogens with zero attached hydrogens (tertiary/aromatic N) is 4. The number of hydrogen-bond donors (Lipinski definition) is 3. The molecule has 1 aliphatic carbocycles. The molecule has 36 heavy (non-hydrogen) atoms. The van der Waals surface area contributed by atoms with Gasteiger partial charge in [0.25, 0.3) is 0 Å². The van der Waals surface area contributed by atoms with E-state index in [0.29, 0.717) is 5.92 Å². The number of pyridine rings is 1. The van der Waals surface area contributed by atoms with Crippen molar-refractivity contribution < 1.29 is 24.1 Å². The van der Waals surface area contributed by atoms with Crippen LogP contribution in [0.15, 0.2) is 59.7 Å². The molecule has 1 heterocycles. The maximum atomic E-state index is 13.7. The van der Waals surface area contributed by atoms with Crippen LogP contribution in [0.2, 0.25) is 0 Å². The summed E-state index contributed by atoms with van der Waals surface area (Å²) in [5.41, 5.74) is 17.9. The van der Waals surface area contributed by atoms with Gasteiger partial charge in [-0.25, -0.2) is 4.39 Å². The van der Waals surface area contributed by atoms with E-state index < -0.39 is 30.9 Å². The van der Waals surface area contributed by atoms with E-state index in [-0.39, 0.29) is 12.2 Å². The molecule has 0 amide bonds. The van der Waals surface area contributed by atoms with Crippen molar-refractivity contribution in [3.8, 4) is 11.1 Å². The Hall–Kier alpha value is -3.82. The summed E-state index contributed by atoms with van der Waals surface area (Å²) in [7, 11) is 0. The second-order valence-corrected chi connectivity index (χ2v) is 8.69. The first-order chi connectivity index (χ1) is 17.4. The van der Waals surface area contributed by atoms with Crippen molar-refractivity contribution in [3.05, 3.63) is 82.1 Å². The number of halogens is 1. The van der Waals surface area contributed by atoms with Crippen LogP contribution in [0.3, 0.4) is 0 Å². The number of esters is 1. The second-order valence-electron chi connectivity index (χ2n) is 8.69. The Balaban J connectivity index is 1.60. The van der Waals surface area contributed by atoms with E-state index in [1.807, 2.05) is 24.3 Å². The number of carbonyl (C=O) groups is 1. The molecule has 10 heteroatoms. The fourth-order valence-electron chi connectivity index (χ4n) is 4.11. The van der Waals surface area contributed by atoms with Gasteiger partial charge in [0.2, 0.25) is 6.35 Å². The third kappa shape index (κ3) is 6.24. The van der Waals surface area contributed by atoms with Crippen LogP contribution in [0.5, 0.6) is 0 Å². The Morgan fingerprint density at radius 2 is 1.97 bits per heavy atom. The number of ether oxygens (including phenoxy) is 1. The maximum Gasteiger partial charge on any atom is 0.310 e. The van der Waals surface area contributed by atoms with Crippen LogP contribution in [-0.2, 0) is 9.53 Å². The molecule has 9 nitrogen and oxygen atoms in total. The van der Waals surface area contributed by atoms with Gasteiger partial charge in [0.15, 0.2) is 0 Å². The molecule has 0 spiro atoms. The molecule has 2 aromatic carbocycles. The summed E-state index contributed by atoms with van der Waals surface area (Å²) in [6.45, 7) is 0. The number of hydrogen-bond acceptors (Lipinski definition) is 7. The third-order valence-electron chi connectivity index (χ3n) is 5.88. The lowest BCUT2D eigenvalue weighted by atomic mass is 9.92. The van der Waals surface area contributed by atoms with Crippen LogP contribution in [0.4, 0.5) is 4.39 Å². The van der Waals surface area contributed by atoms with Gasteiger partial charge in [0, 0.05) is 33.8 Å². The first-order valence-corrected chi connectivity index (χ1v) is 11.6. The van der Waals surface area contributed by atoms with Gasteiger partial charge in [-0.15, -0.1) is 0 Å². The molecule has 1 saturated carbocycles. The van der Waals surface area contributed by atoms with E-state index >= 15 is 0 Å². The minimum absolute atomic E-state index is 0.131. The normalized spacial score (nSPS) is 15.9. The predicted molar refractivity (Wildman–Crippen MR) is 133 cm³/mol. The number of aliphatic hydroxyl groups excluding tert-OH is 2. The van der Waals surface area contributed by atoms with E-state index in [4.69, 9.17) is 16.2 Å². The maximum absolute atomic E-state index is 13.7. The summed E-state index contributed by atoms with van der Waals surface area (Å²) in [6.07, 6.45) is 1.03. The second kappa shape index (κ2) is 11.3. The van der Waals surface area contributed by atoms with Crippen LogP contribution < -0.4 is 5.73 Å². The Labute approximate surface area is 206 Å². The molecule has 0 aliphatic heterocycles. The Morgan fingerprint density at radius 1 is 1.25 bits per heavy atom. The number of fused-ring (bicyclic) bond motifs is 1. The van der Waals surface area contributed by atoms with Crippen molar-refractivity contribution in [1.82, 2.24) is 4.98 Å². The molecule has 1 unspecified atom stereocenters. The van der Waals surface area contributed by atoms with E-state index in [1.54, 1.807) is 24.3 Å². The highest BCUT2D eigenvalue weighted by Gasteiger charge is 2.29. The van der Waals surface area contributed by atoms with Crippen LogP contribution in [0, 0.1) is 5.82 Å². The standard InChI is InChI=1S/C26H26FN5O4/c27-17-9-7-15(8-10-17)24-20-3-1-2-4-22(20)30-25(16-5-6-16)21(24)12-11-18(33)13-19(34)14-23(35)36-26(28)31-32-29/h1-4,7-12,16,18-19,26,33-34H,5-6,13-14,28H2/b12-11+/t18-,19-,26?/m1/s1. The fraction of sp³-hybridized carbons (Fsp3) is 0.308. The highest BCUT2D eigenvalue weighted by Crippen LogP contribution is 2.45. The lowest BCUT2D eigenvalue weighted by Gasteiger charge is -2.17. The molecular formula is C26H26FN5O4. The molecule has 186 valence electrons. The van der Waals surface area contributed by atoms with Crippen molar-refractivity contribution in [1.29, 1.82) is 0 Å². The van der Waals surface area contributed by atoms with Gasteiger partial charge in [0.1, 0.15) is 5.82 Å². The highest BCUT2D eigenvalue weighted by molar-refractivity contribution is 5.99. The lowest BCUT2D eigenvalue weighted by molar-refractivity contribution is -0.150. The lowest BCUT2D eigenvalue weighted by Crippen LogP contribution is -2.27. The molecule has 3 atom stereocenters. The van der Waals surface area contributed by atoms with E-state index in [1.165, 1.54) is 12.1 Å². The summed E-state index contributed by atoms with van der Waals surface area (Å²) < 4.78 is 18.3. The van der Waals surface area contributed by atoms with Gasteiger partial charge < -0.3 is 14.9 Å². The Bertz CT molecular complexity index is 1320. The number of aromatic nitrogens is 1. The zero-order valence-corrected chi connectivity index (χ0v) is 19.4. The van der Waals surface area contributed by atoms with E-state index in [9.17, 15) is 19.4 Å². The van der Waals surface area contributed by atoms with Crippen LogP contribution in [0.25, 0.3) is 38.5 Å². The first-order valence-electron chi connectivity index (χ1n) is 11.6. The molecule has 0 bridgehead atoms. The minimum Gasteiger partial charge on any atom is -0.440 e. The SMILES string of the molecule is [N-]=[N+]=NC(N)OC(=O)C[C@H](O)C[C@H](O)/C=C/c1c(C2CC2)nc2ccccc2c1-c1ccc(F)cc1. The van der Waals surface area contributed by atoms with Gasteiger partial charge in [-0.1, -0.05) is 42.5 Å². The molecule has 1 aromatic heterocycles. The van der Waals surface area contributed by atoms with E-state index in [2.05, 4.69) is 14.8 Å². The molecule has 0 saturated heterocycles. The monoisotopic (exact) mass is 491 g/mol. The summed E-state index contributed by atoms with van der Waals surface area (Å²) in [5, 5.41) is 24.7. The van der Waals surface area contributed by atoms with Gasteiger partial charge in [-0.2, -0.15) is 0 Å². The van der Waals surface area contributed by atoms with Gasteiger partial charge in [-0.05, 0) is 47.2 Å². The average Bonchev–Trinajstić information content (AvgIpc) is 3.68.